The molecule has 1 saturated heterocycles. The van der Waals surface area contributed by atoms with Crippen LogP contribution in [0.1, 0.15) is 19.3 Å². The first-order chi connectivity index (χ1) is 9.33. The number of ether oxygens (including phenoxy) is 2. The minimum Gasteiger partial charge on any atom is -0.380 e. The lowest BCUT2D eigenvalue weighted by Crippen LogP contribution is -2.45. The molecule has 1 heterocycles. The molecule has 0 N–H and O–H groups in total. The van der Waals surface area contributed by atoms with Gasteiger partial charge in [-0.05, 0) is 26.3 Å². The second kappa shape index (κ2) is 11.3. The van der Waals surface area contributed by atoms with E-state index >= 15 is 0 Å². The highest BCUT2D eigenvalue weighted by atomic mass is 16.5. The van der Waals surface area contributed by atoms with Crippen molar-refractivity contribution >= 4 is 6.29 Å². The summed E-state index contributed by atoms with van der Waals surface area (Å²) >= 11 is 0. The van der Waals surface area contributed by atoms with Crippen LogP contribution < -0.4 is 0 Å². The average molecular weight is 272 g/mol. The minimum absolute atomic E-state index is 0.224. The zero-order chi connectivity index (χ0) is 13.8. The van der Waals surface area contributed by atoms with Gasteiger partial charge in [-0.15, -0.1) is 0 Å². The zero-order valence-corrected chi connectivity index (χ0v) is 12.2. The van der Waals surface area contributed by atoms with Gasteiger partial charge >= 0.3 is 0 Å². The predicted octanol–water partition coefficient (Wildman–Crippen LogP) is 0.636. The molecule has 19 heavy (non-hydrogen) atoms. The molecule has 0 amide bonds. The first-order valence-corrected chi connectivity index (χ1v) is 7.33. The number of carbonyl (C=O) groups excluding carboxylic acids is 1. The first-order valence-electron chi connectivity index (χ1n) is 7.33. The quantitative estimate of drug-likeness (QED) is 0.408. The fourth-order valence-electron chi connectivity index (χ4n) is 2.08. The summed E-state index contributed by atoms with van der Waals surface area (Å²) in [6, 6.07) is 0. The molecule has 0 radical (unpaired) electrons. The summed E-state index contributed by atoms with van der Waals surface area (Å²) < 4.78 is 10.7. The molecular weight excluding hydrogens is 244 g/mol. The maximum absolute atomic E-state index is 10.0. The molecule has 0 atom stereocenters. The van der Waals surface area contributed by atoms with E-state index in [4.69, 9.17) is 9.47 Å². The Morgan fingerprint density at radius 2 is 1.63 bits per heavy atom. The molecule has 112 valence electrons. The molecule has 0 saturated carbocycles. The Morgan fingerprint density at radius 3 is 2.32 bits per heavy atom. The van der Waals surface area contributed by atoms with Gasteiger partial charge in [-0.1, -0.05) is 0 Å². The molecule has 0 unspecified atom stereocenters. The standard InChI is InChI=1S/C14H28N2O3/c1-15-5-7-16(8-6-15)9-13-18-11-3-2-4-12-19-14-10-17/h10H,2-9,11-14H2,1H3. The van der Waals surface area contributed by atoms with Crippen LogP contribution in [0.25, 0.3) is 0 Å². The van der Waals surface area contributed by atoms with Crippen molar-refractivity contribution in [1.29, 1.82) is 0 Å². The van der Waals surface area contributed by atoms with Gasteiger partial charge in [0.1, 0.15) is 12.9 Å². The van der Waals surface area contributed by atoms with Crippen LogP contribution in [-0.2, 0) is 14.3 Å². The smallest absolute Gasteiger partial charge is 0.145 e. The Labute approximate surface area is 116 Å². The van der Waals surface area contributed by atoms with Crippen LogP contribution in [0.3, 0.4) is 0 Å². The maximum Gasteiger partial charge on any atom is 0.145 e. The Bertz CT molecular complexity index is 219. The number of rotatable bonds is 11. The summed E-state index contributed by atoms with van der Waals surface area (Å²) in [6.45, 7) is 8.29. The van der Waals surface area contributed by atoms with Crippen molar-refractivity contribution in [2.24, 2.45) is 0 Å². The van der Waals surface area contributed by atoms with Crippen molar-refractivity contribution in [3.8, 4) is 0 Å². The summed E-state index contributed by atoms with van der Waals surface area (Å²) in [5.41, 5.74) is 0. The largest absolute Gasteiger partial charge is 0.380 e. The van der Waals surface area contributed by atoms with Crippen molar-refractivity contribution in [2.45, 2.75) is 19.3 Å². The summed E-state index contributed by atoms with van der Waals surface area (Å²) in [6.07, 6.45) is 3.98. The second-order valence-electron chi connectivity index (χ2n) is 5.06. The molecule has 0 aromatic carbocycles. The van der Waals surface area contributed by atoms with Gasteiger partial charge in [-0.25, -0.2) is 0 Å². The van der Waals surface area contributed by atoms with Crippen LogP contribution in [-0.4, -0.2) is 82.3 Å². The van der Waals surface area contributed by atoms with E-state index in [2.05, 4.69) is 16.8 Å². The lowest BCUT2D eigenvalue weighted by Gasteiger charge is -2.32. The molecule has 0 aliphatic carbocycles. The van der Waals surface area contributed by atoms with Crippen LogP contribution in [0.2, 0.25) is 0 Å². The fraction of sp³-hybridized carbons (Fsp3) is 0.929. The normalized spacial score (nSPS) is 17.7. The van der Waals surface area contributed by atoms with Crippen molar-refractivity contribution in [3.63, 3.8) is 0 Å². The average Bonchev–Trinajstić information content (AvgIpc) is 2.43. The van der Waals surface area contributed by atoms with Crippen molar-refractivity contribution in [2.75, 3.05) is 66.2 Å². The van der Waals surface area contributed by atoms with Crippen LogP contribution in [0.5, 0.6) is 0 Å². The highest BCUT2D eigenvalue weighted by molar-refractivity contribution is 5.50. The molecule has 0 spiro atoms. The van der Waals surface area contributed by atoms with Gasteiger partial charge in [0.05, 0.1) is 6.61 Å². The third-order valence-electron chi connectivity index (χ3n) is 3.41. The SMILES string of the molecule is CN1CCN(CCOCCCCCOCC=O)CC1. The number of hydrogen-bond acceptors (Lipinski definition) is 5. The maximum atomic E-state index is 10.0. The van der Waals surface area contributed by atoms with E-state index in [1.807, 2.05) is 0 Å². The Morgan fingerprint density at radius 1 is 0.947 bits per heavy atom. The molecule has 5 heteroatoms. The van der Waals surface area contributed by atoms with E-state index in [0.29, 0.717) is 6.61 Å². The predicted molar refractivity (Wildman–Crippen MR) is 75.5 cm³/mol. The molecule has 0 aromatic heterocycles. The van der Waals surface area contributed by atoms with Crippen LogP contribution >= 0.6 is 0 Å². The Hall–Kier alpha value is -0.490. The first kappa shape index (κ1) is 16.6. The number of likely N-dealkylation sites (N-methyl/N-ethyl adjacent to an activating group) is 1. The van der Waals surface area contributed by atoms with E-state index in [9.17, 15) is 4.79 Å². The van der Waals surface area contributed by atoms with Gasteiger partial charge in [0.25, 0.3) is 0 Å². The summed E-state index contributed by atoms with van der Waals surface area (Å²) in [5, 5.41) is 0. The number of aldehydes is 1. The van der Waals surface area contributed by atoms with E-state index < -0.39 is 0 Å². The zero-order valence-electron chi connectivity index (χ0n) is 12.2. The monoisotopic (exact) mass is 272 g/mol. The molecule has 0 bridgehead atoms. The van der Waals surface area contributed by atoms with Gasteiger partial charge in [-0.3, -0.25) is 4.90 Å². The number of unbranched alkanes of at least 4 members (excludes halogenated alkanes) is 2. The van der Waals surface area contributed by atoms with Gasteiger partial charge in [0.2, 0.25) is 0 Å². The third kappa shape index (κ3) is 9.10. The number of carbonyl (C=O) groups is 1. The summed E-state index contributed by atoms with van der Waals surface area (Å²) in [5.74, 6) is 0. The topological polar surface area (TPSA) is 42.0 Å². The van der Waals surface area contributed by atoms with Crippen LogP contribution in [0.15, 0.2) is 0 Å². The number of hydrogen-bond donors (Lipinski definition) is 0. The Kier molecular flexibility index (Phi) is 9.89. The van der Waals surface area contributed by atoms with E-state index in [-0.39, 0.29) is 6.61 Å². The van der Waals surface area contributed by atoms with Crippen LogP contribution in [0.4, 0.5) is 0 Å². The van der Waals surface area contributed by atoms with E-state index in [1.165, 1.54) is 13.1 Å². The molecular formula is C14H28N2O3. The molecule has 1 aliphatic heterocycles. The highest BCUT2D eigenvalue weighted by Gasteiger charge is 2.12. The van der Waals surface area contributed by atoms with Gasteiger partial charge < -0.3 is 19.2 Å². The second-order valence-corrected chi connectivity index (χ2v) is 5.06. The van der Waals surface area contributed by atoms with E-state index in [0.717, 1.165) is 58.4 Å². The molecule has 1 fully saturated rings. The summed E-state index contributed by atoms with van der Waals surface area (Å²) in [4.78, 5) is 14.8. The Balaban J connectivity index is 1.77. The van der Waals surface area contributed by atoms with Crippen molar-refractivity contribution in [3.05, 3.63) is 0 Å². The fourth-order valence-corrected chi connectivity index (χ4v) is 2.08. The highest BCUT2D eigenvalue weighted by Crippen LogP contribution is 2.00. The number of piperazine rings is 1. The molecule has 1 aliphatic rings. The minimum atomic E-state index is 0.224. The van der Waals surface area contributed by atoms with Gasteiger partial charge in [-0.2, -0.15) is 0 Å². The summed E-state index contributed by atoms with van der Waals surface area (Å²) in [7, 11) is 2.17. The lowest BCUT2D eigenvalue weighted by molar-refractivity contribution is -0.111. The number of nitrogens with zero attached hydrogens (tertiary/aromatic N) is 2. The van der Waals surface area contributed by atoms with E-state index in [1.54, 1.807) is 0 Å². The molecule has 0 aromatic rings. The van der Waals surface area contributed by atoms with Crippen LogP contribution in [0, 0.1) is 0 Å². The van der Waals surface area contributed by atoms with Crippen molar-refractivity contribution in [1.82, 2.24) is 9.80 Å². The van der Waals surface area contributed by atoms with Gasteiger partial charge in [0.15, 0.2) is 0 Å². The third-order valence-corrected chi connectivity index (χ3v) is 3.41. The lowest BCUT2D eigenvalue weighted by atomic mass is 10.2. The van der Waals surface area contributed by atoms with Gasteiger partial charge in [0, 0.05) is 45.9 Å². The van der Waals surface area contributed by atoms with Crippen molar-refractivity contribution < 1.29 is 14.3 Å². The molecule has 5 nitrogen and oxygen atoms in total. The molecule has 1 rings (SSSR count).